The van der Waals surface area contributed by atoms with Gasteiger partial charge < -0.3 is 24.4 Å². The maximum absolute atomic E-state index is 13.3. The van der Waals surface area contributed by atoms with Crippen molar-refractivity contribution in [2.24, 2.45) is 46.8 Å². The van der Waals surface area contributed by atoms with Gasteiger partial charge in [0.15, 0.2) is 11.6 Å². The van der Waals surface area contributed by atoms with E-state index in [0.717, 1.165) is 12.0 Å². The number of carbonyl (C=O) groups is 2. The molecule has 7 rings (SSSR count). The predicted molar refractivity (Wildman–Crippen MR) is 119 cm³/mol. The van der Waals surface area contributed by atoms with Crippen molar-refractivity contribution in [2.75, 3.05) is 0 Å². The maximum atomic E-state index is 13.3. The Morgan fingerprint density at radius 3 is 2.53 bits per heavy atom. The number of aliphatic hydroxyl groups is 2. The molecule has 3 aliphatic heterocycles. The molecule has 0 radical (unpaired) electrons. The van der Waals surface area contributed by atoms with E-state index in [-0.39, 0.29) is 59.3 Å². The molecule has 14 unspecified atom stereocenters. The van der Waals surface area contributed by atoms with Crippen LogP contribution in [-0.2, 0) is 23.8 Å². The van der Waals surface area contributed by atoms with Crippen molar-refractivity contribution < 1.29 is 34.0 Å². The second kappa shape index (κ2) is 6.41. The smallest absolute Gasteiger partial charge is 0.309 e. The van der Waals surface area contributed by atoms with Crippen LogP contribution in [0, 0.1) is 46.8 Å². The molecule has 4 aliphatic carbocycles. The third-order valence-electron chi connectivity index (χ3n) is 11.2. The molecular weight excluding hydrogens is 436 g/mol. The lowest BCUT2D eigenvalue weighted by Crippen LogP contribution is -2.69. The Kier molecular flexibility index (Phi) is 4.10. The molecule has 6 fully saturated rings. The fraction of sp³-hybridized carbons (Fsp3) is 0.778. The lowest BCUT2D eigenvalue weighted by Gasteiger charge is -2.62. The van der Waals surface area contributed by atoms with Crippen molar-refractivity contribution >= 4 is 11.8 Å². The minimum atomic E-state index is -1.20. The minimum absolute atomic E-state index is 0.00500. The first kappa shape index (κ1) is 21.7. The summed E-state index contributed by atoms with van der Waals surface area (Å²) in [5.74, 6) is -1.20. The van der Waals surface area contributed by atoms with Gasteiger partial charge >= 0.3 is 5.97 Å². The molecule has 3 heterocycles. The lowest BCUT2D eigenvalue weighted by atomic mass is 9.47. The average molecular weight is 471 g/mol. The van der Waals surface area contributed by atoms with Gasteiger partial charge in [-0.1, -0.05) is 26.0 Å². The van der Waals surface area contributed by atoms with Crippen LogP contribution in [0.15, 0.2) is 23.8 Å². The van der Waals surface area contributed by atoms with Crippen LogP contribution in [0.1, 0.15) is 47.0 Å². The Balaban J connectivity index is 1.31. The monoisotopic (exact) mass is 470 g/mol. The summed E-state index contributed by atoms with van der Waals surface area (Å²) < 4.78 is 19.2. The van der Waals surface area contributed by atoms with Crippen LogP contribution in [0.3, 0.4) is 0 Å². The van der Waals surface area contributed by atoms with E-state index in [1.165, 1.54) is 0 Å². The molecule has 7 aliphatic rings. The Morgan fingerprint density at radius 1 is 1.06 bits per heavy atom. The number of esters is 1. The molecule has 0 aromatic heterocycles. The third-order valence-corrected chi connectivity index (χ3v) is 11.2. The Bertz CT molecular complexity index is 1050. The number of hydrogen-bond acceptors (Lipinski definition) is 7. The highest BCUT2D eigenvalue weighted by Gasteiger charge is 2.79. The molecule has 0 aromatic rings. The quantitative estimate of drug-likeness (QED) is 0.566. The minimum Gasteiger partial charge on any atom is -0.459 e. The van der Waals surface area contributed by atoms with Gasteiger partial charge in [-0.15, -0.1) is 0 Å². The lowest BCUT2D eigenvalue weighted by molar-refractivity contribution is -0.363. The first-order valence-corrected chi connectivity index (χ1v) is 12.9. The van der Waals surface area contributed by atoms with Crippen molar-refractivity contribution in [2.45, 2.75) is 82.8 Å². The number of cyclic esters (lactones) is 1. The number of rotatable bonds is 1. The fourth-order valence-electron chi connectivity index (χ4n) is 9.44. The van der Waals surface area contributed by atoms with Crippen molar-refractivity contribution in [1.82, 2.24) is 0 Å². The number of fused-ring (bicyclic) bond motifs is 4. The molecule has 7 heteroatoms. The van der Waals surface area contributed by atoms with Crippen LogP contribution in [0.25, 0.3) is 0 Å². The molecule has 14 atom stereocenters. The van der Waals surface area contributed by atoms with Gasteiger partial charge in [-0.2, -0.15) is 0 Å². The first-order valence-electron chi connectivity index (χ1n) is 12.9. The second-order valence-corrected chi connectivity index (χ2v) is 12.5. The molecule has 3 saturated carbocycles. The van der Waals surface area contributed by atoms with Crippen molar-refractivity contribution in [3.05, 3.63) is 23.8 Å². The standard InChI is InChI=1S/C27H34O7/c1-11-12(2)24(30)32-22(11)23-26(4,31)21-18-9-14-13-8-17(28)15-6-5-7-19(29)25(15,3)16(13)10-27(33-18,34-23)20(14)21/h5-7,11-14,16-18,20-23,28,31H,8-10H2,1-4H3. The van der Waals surface area contributed by atoms with Gasteiger partial charge in [0.25, 0.3) is 0 Å². The van der Waals surface area contributed by atoms with Crippen molar-refractivity contribution in [3.8, 4) is 0 Å². The van der Waals surface area contributed by atoms with Crippen molar-refractivity contribution in [1.29, 1.82) is 0 Å². The van der Waals surface area contributed by atoms with E-state index in [1.54, 1.807) is 12.2 Å². The summed E-state index contributed by atoms with van der Waals surface area (Å²) >= 11 is 0. The van der Waals surface area contributed by atoms with Crippen LogP contribution in [0.2, 0.25) is 0 Å². The summed E-state index contributed by atoms with van der Waals surface area (Å²) in [4.78, 5) is 25.7. The van der Waals surface area contributed by atoms with Crippen LogP contribution in [0.5, 0.6) is 0 Å². The average Bonchev–Trinajstić information content (AvgIpc) is 3.38. The van der Waals surface area contributed by atoms with E-state index < -0.39 is 35.1 Å². The van der Waals surface area contributed by atoms with E-state index in [9.17, 15) is 19.8 Å². The Labute approximate surface area is 199 Å². The number of aliphatic hydroxyl groups excluding tert-OH is 1. The summed E-state index contributed by atoms with van der Waals surface area (Å²) in [7, 11) is 0. The van der Waals surface area contributed by atoms with Crippen molar-refractivity contribution in [3.63, 3.8) is 0 Å². The Morgan fingerprint density at radius 2 is 1.82 bits per heavy atom. The van der Waals surface area contributed by atoms with Crippen LogP contribution >= 0.6 is 0 Å². The highest BCUT2D eigenvalue weighted by Crippen LogP contribution is 2.72. The van der Waals surface area contributed by atoms with Crippen LogP contribution in [0.4, 0.5) is 0 Å². The summed E-state index contributed by atoms with van der Waals surface area (Å²) in [6.07, 6.45) is 5.26. The highest BCUT2D eigenvalue weighted by molar-refractivity contribution is 5.99. The topological polar surface area (TPSA) is 102 Å². The zero-order chi connectivity index (χ0) is 23.9. The first-order chi connectivity index (χ1) is 16.0. The Hall–Kier alpha value is -1.54. The van der Waals surface area contributed by atoms with E-state index in [1.807, 2.05) is 33.8 Å². The van der Waals surface area contributed by atoms with Gasteiger partial charge in [-0.25, -0.2) is 0 Å². The summed E-state index contributed by atoms with van der Waals surface area (Å²) in [6, 6.07) is 0. The molecular formula is C27H34O7. The summed E-state index contributed by atoms with van der Waals surface area (Å²) in [5.41, 5.74) is -1.19. The van der Waals surface area contributed by atoms with Gasteiger partial charge in [-0.3, -0.25) is 9.59 Å². The van der Waals surface area contributed by atoms with E-state index in [4.69, 9.17) is 14.2 Å². The molecule has 3 saturated heterocycles. The second-order valence-electron chi connectivity index (χ2n) is 12.5. The number of ether oxygens (including phenoxy) is 3. The predicted octanol–water partition coefficient (Wildman–Crippen LogP) is 2.15. The third kappa shape index (κ3) is 2.29. The highest BCUT2D eigenvalue weighted by atomic mass is 16.7. The number of ketones is 1. The summed E-state index contributed by atoms with van der Waals surface area (Å²) in [6.45, 7) is 7.64. The number of allylic oxidation sites excluding steroid dienone is 3. The molecule has 7 nitrogen and oxygen atoms in total. The zero-order valence-corrected chi connectivity index (χ0v) is 20.1. The summed E-state index contributed by atoms with van der Waals surface area (Å²) in [5, 5.41) is 23.0. The maximum Gasteiger partial charge on any atom is 0.309 e. The van der Waals surface area contributed by atoms with Gasteiger partial charge in [0.05, 0.1) is 29.1 Å². The number of hydrogen-bond donors (Lipinski definition) is 2. The van der Waals surface area contributed by atoms with E-state index >= 15 is 0 Å². The normalized spacial score (nSPS) is 61.1. The molecule has 0 spiro atoms. The molecule has 0 aromatic carbocycles. The molecule has 34 heavy (non-hydrogen) atoms. The van der Waals surface area contributed by atoms with Crippen LogP contribution in [-0.4, -0.2) is 57.8 Å². The molecule has 4 bridgehead atoms. The van der Waals surface area contributed by atoms with E-state index in [0.29, 0.717) is 12.8 Å². The fourth-order valence-corrected chi connectivity index (χ4v) is 9.44. The van der Waals surface area contributed by atoms with Gasteiger partial charge in [-0.05, 0) is 56.1 Å². The molecule has 0 amide bonds. The number of carbonyl (C=O) groups excluding carboxylic acids is 2. The largest absolute Gasteiger partial charge is 0.459 e. The van der Waals surface area contributed by atoms with Crippen LogP contribution < -0.4 is 0 Å². The van der Waals surface area contributed by atoms with Gasteiger partial charge in [0, 0.05) is 24.2 Å². The van der Waals surface area contributed by atoms with Gasteiger partial charge in [0.2, 0.25) is 0 Å². The molecule has 2 N–H and O–H groups in total. The zero-order valence-electron chi connectivity index (χ0n) is 20.1. The SMILES string of the molecule is CC1C(=O)OC(C2OC34CC5C(CC(O)C6=CC=CC(=O)C65C)C5CC(O3)C(C54)C2(C)O)C1C. The molecule has 184 valence electrons. The van der Waals surface area contributed by atoms with E-state index in [2.05, 4.69) is 0 Å². The van der Waals surface area contributed by atoms with Gasteiger partial charge in [0.1, 0.15) is 12.2 Å².